The average molecular weight is 290 g/mol. The number of aromatic amines is 1. The van der Waals surface area contributed by atoms with Gasteiger partial charge in [0, 0.05) is 24.4 Å². The quantitative estimate of drug-likeness (QED) is 0.774. The summed E-state index contributed by atoms with van der Waals surface area (Å²) < 4.78 is 20.8. The van der Waals surface area contributed by atoms with Crippen molar-refractivity contribution in [1.82, 2.24) is 14.8 Å². The molecule has 110 valence electrons. The van der Waals surface area contributed by atoms with Crippen LogP contribution in [0.5, 0.6) is 0 Å². The maximum absolute atomic E-state index is 14.0. The van der Waals surface area contributed by atoms with Crippen LogP contribution in [0, 0.1) is 5.82 Å². The van der Waals surface area contributed by atoms with Crippen molar-refractivity contribution in [2.75, 3.05) is 5.32 Å². The third-order valence-electron chi connectivity index (χ3n) is 3.21. The monoisotopic (exact) mass is 290 g/mol. The Labute approximate surface area is 119 Å². The first-order valence-corrected chi connectivity index (χ1v) is 6.63. The highest BCUT2D eigenvalue weighted by atomic mass is 19.1. The molecule has 1 aromatic carbocycles. The Kier molecular flexibility index (Phi) is 3.25. The highest BCUT2D eigenvalue weighted by molar-refractivity contribution is 5.77. The van der Waals surface area contributed by atoms with Gasteiger partial charge in [-0.3, -0.25) is 9.67 Å². The summed E-state index contributed by atoms with van der Waals surface area (Å²) in [5.41, 5.74) is 1.89. The van der Waals surface area contributed by atoms with E-state index < -0.39 is 11.6 Å². The average Bonchev–Trinajstić information content (AvgIpc) is 3.01. The number of fused-ring (bicyclic) bond motifs is 1. The highest BCUT2D eigenvalue weighted by Crippen LogP contribution is 2.21. The predicted molar refractivity (Wildman–Crippen MR) is 76.7 cm³/mol. The maximum Gasteiger partial charge on any atom is 0.417 e. The second kappa shape index (κ2) is 5.08. The zero-order valence-electron chi connectivity index (χ0n) is 11.7. The Bertz CT molecular complexity index is 831. The molecular formula is C14H15FN4O2. The first kappa shape index (κ1) is 13.4. The van der Waals surface area contributed by atoms with E-state index in [9.17, 15) is 9.18 Å². The lowest BCUT2D eigenvalue weighted by Gasteiger charge is -2.12. The molecule has 0 bridgehead atoms. The number of rotatable bonds is 4. The molecule has 0 aliphatic heterocycles. The molecule has 0 fully saturated rings. The van der Waals surface area contributed by atoms with Crippen molar-refractivity contribution in [3.63, 3.8) is 0 Å². The Balaban J connectivity index is 1.86. The molecular weight excluding hydrogens is 275 g/mol. The molecule has 2 aromatic heterocycles. The van der Waals surface area contributed by atoms with Crippen LogP contribution in [-0.4, -0.2) is 14.8 Å². The molecule has 2 N–H and O–H groups in total. The summed E-state index contributed by atoms with van der Waals surface area (Å²) in [5, 5.41) is 7.22. The molecule has 3 aromatic rings. The minimum atomic E-state index is -0.598. The van der Waals surface area contributed by atoms with Crippen LogP contribution in [0.3, 0.4) is 0 Å². The summed E-state index contributed by atoms with van der Waals surface area (Å²) in [5.74, 6) is -1.05. The van der Waals surface area contributed by atoms with Crippen molar-refractivity contribution >= 4 is 16.8 Å². The zero-order valence-corrected chi connectivity index (χ0v) is 11.7. The minimum Gasteiger partial charge on any atom is -0.408 e. The Morgan fingerprint density at radius 2 is 2.29 bits per heavy atom. The fourth-order valence-electron chi connectivity index (χ4n) is 2.24. The third-order valence-corrected chi connectivity index (χ3v) is 3.21. The molecule has 0 aliphatic carbocycles. The van der Waals surface area contributed by atoms with Crippen LogP contribution >= 0.6 is 0 Å². The lowest BCUT2D eigenvalue weighted by molar-refractivity contribution is 0.512. The van der Waals surface area contributed by atoms with Gasteiger partial charge in [-0.25, -0.2) is 9.18 Å². The number of aromatic nitrogens is 3. The molecule has 0 spiro atoms. The Hall–Kier alpha value is -2.57. The molecule has 0 radical (unpaired) electrons. The van der Waals surface area contributed by atoms with E-state index in [1.807, 2.05) is 24.6 Å². The number of hydrogen-bond acceptors (Lipinski definition) is 4. The number of anilines is 1. The third kappa shape index (κ3) is 2.54. The SMILES string of the molecule is CC(C)n1nccc1CNc1cc2oc(=O)[nH]c2cc1F. The molecule has 0 unspecified atom stereocenters. The van der Waals surface area contributed by atoms with E-state index in [1.165, 1.54) is 12.1 Å². The van der Waals surface area contributed by atoms with Gasteiger partial charge in [-0.1, -0.05) is 0 Å². The van der Waals surface area contributed by atoms with E-state index in [1.54, 1.807) is 6.20 Å². The number of nitrogens with zero attached hydrogens (tertiary/aromatic N) is 2. The van der Waals surface area contributed by atoms with Gasteiger partial charge in [0.1, 0.15) is 5.82 Å². The molecule has 21 heavy (non-hydrogen) atoms. The first-order valence-electron chi connectivity index (χ1n) is 6.63. The van der Waals surface area contributed by atoms with Gasteiger partial charge in [0.05, 0.1) is 23.4 Å². The van der Waals surface area contributed by atoms with Gasteiger partial charge in [0.2, 0.25) is 0 Å². The van der Waals surface area contributed by atoms with Crippen LogP contribution in [0.1, 0.15) is 25.6 Å². The van der Waals surface area contributed by atoms with Crippen molar-refractivity contribution in [2.45, 2.75) is 26.4 Å². The summed E-state index contributed by atoms with van der Waals surface area (Å²) >= 11 is 0. The molecule has 0 saturated heterocycles. The summed E-state index contributed by atoms with van der Waals surface area (Å²) in [6, 6.07) is 4.81. The van der Waals surface area contributed by atoms with Crippen LogP contribution < -0.4 is 11.1 Å². The van der Waals surface area contributed by atoms with Crippen LogP contribution in [0.25, 0.3) is 11.1 Å². The van der Waals surface area contributed by atoms with Gasteiger partial charge >= 0.3 is 5.76 Å². The van der Waals surface area contributed by atoms with Crippen LogP contribution in [-0.2, 0) is 6.54 Å². The van der Waals surface area contributed by atoms with Gasteiger partial charge in [-0.15, -0.1) is 0 Å². The second-order valence-electron chi connectivity index (χ2n) is 5.06. The minimum absolute atomic E-state index is 0.229. The predicted octanol–water partition coefficient (Wildman–Crippen LogP) is 2.65. The second-order valence-corrected chi connectivity index (χ2v) is 5.06. The van der Waals surface area contributed by atoms with Gasteiger partial charge in [0.15, 0.2) is 5.58 Å². The van der Waals surface area contributed by atoms with E-state index in [4.69, 9.17) is 4.42 Å². The van der Waals surface area contributed by atoms with E-state index in [0.717, 1.165) is 5.69 Å². The largest absolute Gasteiger partial charge is 0.417 e. The van der Waals surface area contributed by atoms with Crippen LogP contribution in [0.2, 0.25) is 0 Å². The molecule has 0 atom stereocenters. The normalized spacial score (nSPS) is 11.4. The standard InChI is InChI=1S/C14H15FN4O2/c1-8(2)19-9(3-4-17-19)7-16-11-6-13-12(5-10(11)15)18-14(20)21-13/h3-6,8,16H,7H2,1-2H3,(H,18,20). The van der Waals surface area contributed by atoms with Crippen molar-refractivity contribution in [3.8, 4) is 0 Å². The Morgan fingerprint density at radius 1 is 1.48 bits per heavy atom. The molecule has 0 amide bonds. The van der Waals surface area contributed by atoms with Crippen molar-refractivity contribution in [3.05, 3.63) is 46.5 Å². The van der Waals surface area contributed by atoms with Crippen molar-refractivity contribution in [1.29, 1.82) is 0 Å². The van der Waals surface area contributed by atoms with Crippen LogP contribution in [0.15, 0.2) is 33.6 Å². The lowest BCUT2D eigenvalue weighted by atomic mass is 10.2. The molecule has 6 nitrogen and oxygen atoms in total. The van der Waals surface area contributed by atoms with E-state index in [2.05, 4.69) is 15.4 Å². The number of nitrogens with one attached hydrogen (secondary N) is 2. The first-order chi connectivity index (χ1) is 10.0. The summed E-state index contributed by atoms with van der Waals surface area (Å²) in [7, 11) is 0. The van der Waals surface area contributed by atoms with Crippen LogP contribution in [0.4, 0.5) is 10.1 Å². The van der Waals surface area contributed by atoms with Gasteiger partial charge in [-0.2, -0.15) is 5.10 Å². The van der Waals surface area contributed by atoms with Crippen molar-refractivity contribution in [2.24, 2.45) is 0 Å². The number of oxazole rings is 1. The topological polar surface area (TPSA) is 75.8 Å². The fourth-order valence-corrected chi connectivity index (χ4v) is 2.24. The molecule has 0 aliphatic rings. The van der Waals surface area contributed by atoms with Gasteiger partial charge in [-0.05, 0) is 19.9 Å². The number of H-pyrrole nitrogens is 1. The zero-order chi connectivity index (χ0) is 15.0. The van der Waals surface area contributed by atoms with Gasteiger partial charge in [0.25, 0.3) is 0 Å². The molecule has 2 heterocycles. The summed E-state index contributed by atoms with van der Waals surface area (Å²) in [6.45, 7) is 4.48. The van der Waals surface area contributed by atoms with E-state index in [0.29, 0.717) is 17.6 Å². The molecule has 0 saturated carbocycles. The summed E-state index contributed by atoms with van der Waals surface area (Å²) in [6.07, 6.45) is 1.71. The van der Waals surface area contributed by atoms with Gasteiger partial charge < -0.3 is 9.73 Å². The lowest BCUT2D eigenvalue weighted by Crippen LogP contribution is -2.11. The van der Waals surface area contributed by atoms with Crippen molar-refractivity contribution < 1.29 is 8.81 Å². The summed E-state index contributed by atoms with van der Waals surface area (Å²) in [4.78, 5) is 13.5. The number of benzene rings is 1. The molecule has 3 rings (SSSR count). The number of halogens is 1. The maximum atomic E-state index is 14.0. The highest BCUT2D eigenvalue weighted by Gasteiger charge is 2.10. The Morgan fingerprint density at radius 3 is 3.05 bits per heavy atom. The molecule has 7 heteroatoms. The number of hydrogen-bond donors (Lipinski definition) is 2. The van der Waals surface area contributed by atoms with E-state index in [-0.39, 0.29) is 11.7 Å². The smallest absolute Gasteiger partial charge is 0.408 e. The van der Waals surface area contributed by atoms with E-state index >= 15 is 0 Å². The fraction of sp³-hybridized carbons (Fsp3) is 0.286.